The molecule has 1 heterocycles. The van der Waals surface area contributed by atoms with Gasteiger partial charge in [-0.1, -0.05) is 13.8 Å². The molecule has 4 heteroatoms. The molecule has 0 aromatic carbocycles. The highest BCUT2D eigenvalue weighted by Gasteiger charge is 2.00. The number of nitrogens with one attached hydrogen (secondary N) is 1. The molecule has 0 aliphatic rings. The van der Waals surface area contributed by atoms with Crippen molar-refractivity contribution >= 4 is 5.82 Å². The quantitative estimate of drug-likeness (QED) is 0.518. The number of anilines is 1. The number of nitrogens with two attached hydrogens (primary N) is 1. The number of rotatable bonds is 3. The summed E-state index contributed by atoms with van der Waals surface area (Å²) in [5.74, 6) is 7.28. The number of hydrazine groups is 1. The summed E-state index contributed by atoms with van der Waals surface area (Å²) < 4.78 is 0. The summed E-state index contributed by atoms with van der Waals surface area (Å²) in [6.07, 6.45) is 2.59. The van der Waals surface area contributed by atoms with Crippen LogP contribution in [0.1, 0.15) is 19.7 Å². The van der Waals surface area contributed by atoms with Gasteiger partial charge in [0.1, 0.15) is 11.6 Å². The third kappa shape index (κ3) is 2.47. The number of nitrogen functional groups attached to an aromatic ring is 1. The predicted octanol–water partition coefficient (Wildman–Crippen LogP) is 0.961. The van der Waals surface area contributed by atoms with Crippen LogP contribution in [-0.2, 0) is 6.42 Å². The van der Waals surface area contributed by atoms with Gasteiger partial charge in [-0.05, 0) is 5.92 Å². The second-order valence-electron chi connectivity index (χ2n) is 3.10. The lowest BCUT2D eigenvalue weighted by Gasteiger charge is -2.04. The third-order valence-electron chi connectivity index (χ3n) is 1.44. The molecule has 4 nitrogen and oxygen atoms in total. The summed E-state index contributed by atoms with van der Waals surface area (Å²) in [4.78, 5) is 8.30. The maximum atomic E-state index is 5.21. The summed E-state index contributed by atoms with van der Waals surface area (Å²) in [6, 6.07) is 1.74. The summed E-state index contributed by atoms with van der Waals surface area (Å²) >= 11 is 0. The van der Waals surface area contributed by atoms with Crippen molar-refractivity contribution in [2.24, 2.45) is 11.8 Å². The van der Waals surface area contributed by atoms with Gasteiger partial charge in [-0.3, -0.25) is 0 Å². The van der Waals surface area contributed by atoms with E-state index in [0.717, 1.165) is 12.2 Å². The lowest BCUT2D eigenvalue weighted by Crippen LogP contribution is -2.10. The van der Waals surface area contributed by atoms with E-state index in [1.54, 1.807) is 12.3 Å². The van der Waals surface area contributed by atoms with Crippen LogP contribution in [0.5, 0.6) is 0 Å². The Morgan fingerprint density at radius 2 is 2.33 bits per heavy atom. The minimum atomic E-state index is 0.568. The molecule has 0 spiro atoms. The SMILES string of the molecule is CC(C)Cc1nccc(NN)n1. The summed E-state index contributed by atoms with van der Waals surface area (Å²) in [6.45, 7) is 4.26. The smallest absolute Gasteiger partial charge is 0.143 e. The van der Waals surface area contributed by atoms with Crippen molar-refractivity contribution < 1.29 is 0 Å². The second kappa shape index (κ2) is 4.01. The highest BCUT2D eigenvalue weighted by Crippen LogP contribution is 2.04. The molecule has 0 saturated carbocycles. The van der Waals surface area contributed by atoms with Gasteiger partial charge in [-0.25, -0.2) is 15.8 Å². The molecule has 0 bridgehead atoms. The summed E-state index contributed by atoms with van der Waals surface area (Å²) in [5.41, 5.74) is 2.49. The van der Waals surface area contributed by atoms with Gasteiger partial charge in [0.15, 0.2) is 0 Å². The molecule has 0 atom stereocenters. The van der Waals surface area contributed by atoms with Gasteiger partial charge in [0.05, 0.1) is 0 Å². The van der Waals surface area contributed by atoms with Crippen molar-refractivity contribution in [2.45, 2.75) is 20.3 Å². The topological polar surface area (TPSA) is 63.8 Å². The molecule has 0 aliphatic carbocycles. The van der Waals surface area contributed by atoms with Crippen LogP contribution in [0.2, 0.25) is 0 Å². The maximum Gasteiger partial charge on any atom is 0.143 e. The van der Waals surface area contributed by atoms with Crippen molar-refractivity contribution in [1.82, 2.24) is 9.97 Å². The van der Waals surface area contributed by atoms with E-state index >= 15 is 0 Å². The molecule has 12 heavy (non-hydrogen) atoms. The highest BCUT2D eigenvalue weighted by atomic mass is 15.3. The first-order valence-electron chi connectivity index (χ1n) is 4.01. The Bertz CT molecular complexity index is 247. The van der Waals surface area contributed by atoms with Gasteiger partial charge in [0.25, 0.3) is 0 Å². The minimum Gasteiger partial charge on any atom is -0.308 e. The van der Waals surface area contributed by atoms with Crippen LogP contribution in [-0.4, -0.2) is 9.97 Å². The average molecular weight is 166 g/mol. The van der Waals surface area contributed by atoms with Gasteiger partial charge >= 0.3 is 0 Å². The molecule has 1 aromatic heterocycles. The van der Waals surface area contributed by atoms with Gasteiger partial charge < -0.3 is 5.43 Å². The van der Waals surface area contributed by atoms with E-state index in [-0.39, 0.29) is 0 Å². The predicted molar refractivity (Wildman–Crippen MR) is 48.4 cm³/mol. The van der Waals surface area contributed by atoms with E-state index in [0.29, 0.717) is 11.7 Å². The molecule has 0 fully saturated rings. The van der Waals surface area contributed by atoms with Gasteiger partial charge in [0.2, 0.25) is 0 Å². The first-order valence-corrected chi connectivity index (χ1v) is 4.01. The number of hydrogen-bond acceptors (Lipinski definition) is 4. The monoisotopic (exact) mass is 166 g/mol. The molecule has 0 saturated heterocycles. The van der Waals surface area contributed by atoms with Crippen molar-refractivity contribution in [2.75, 3.05) is 5.43 Å². The van der Waals surface area contributed by atoms with E-state index in [4.69, 9.17) is 5.84 Å². The van der Waals surface area contributed by atoms with E-state index in [1.807, 2.05) is 0 Å². The van der Waals surface area contributed by atoms with Crippen molar-refractivity contribution in [3.05, 3.63) is 18.1 Å². The van der Waals surface area contributed by atoms with Crippen LogP contribution in [0.4, 0.5) is 5.82 Å². The molecular formula is C8H14N4. The van der Waals surface area contributed by atoms with Crippen molar-refractivity contribution in [1.29, 1.82) is 0 Å². The molecule has 3 N–H and O–H groups in total. The fourth-order valence-corrected chi connectivity index (χ4v) is 0.943. The minimum absolute atomic E-state index is 0.568. The van der Waals surface area contributed by atoms with E-state index in [9.17, 15) is 0 Å². The summed E-state index contributed by atoms with van der Waals surface area (Å²) in [5, 5.41) is 0. The molecule has 0 unspecified atom stereocenters. The zero-order chi connectivity index (χ0) is 8.97. The van der Waals surface area contributed by atoms with E-state index < -0.39 is 0 Å². The van der Waals surface area contributed by atoms with E-state index in [2.05, 4.69) is 29.2 Å². The van der Waals surface area contributed by atoms with Crippen LogP contribution < -0.4 is 11.3 Å². The number of hydrogen-bond donors (Lipinski definition) is 2. The molecule has 66 valence electrons. The molecular weight excluding hydrogens is 152 g/mol. The van der Waals surface area contributed by atoms with Crippen LogP contribution in [0, 0.1) is 5.92 Å². The fraction of sp³-hybridized carbons (Fsp3) is 0.500. The molecule has 1 aromatic rings. The maximum absolute atomic E-state index is 5.21. The third-order valence-corrected chi connectivity index (χ3v) is 1.44. The van der Waals surface area contributed by atoms with Gasteiger partial charge in [-0.15, -0.1) is 0 Å². The number of nitrogens with zero attached hydrogens (tertiary/aromatic N) is 2. The van der Waals surface area contributed by atoms with Crippen LogP contribution in [0.3, 0.4) is 0 Å². The first kappa shape index (κ1) is 8.93. The van der Waals surface area contributed by atoms with Crippen LogP contribution in [0.25, 0.3) is 0 Å². The van der Waals surface area contributed by atoms with Crippen LogP contribution in [0.15, 0.2) is 12.3 Å². The van der Waals surface area contributed by atoms with E-state index in [1.165, 1.54) is 0 Å². The zero-order valence-corrected chi connectivity index (χ0v) is 7.41. The number of aromatic nitrogens is 2. The average Bonchev–Trinajstić information content (AvgIpc) is 2.03. The van der Waals surface area contributed by atoms with Crippen molar-refractivity contribution in [3.8, 4) is 0 Å². The summed E-state index contributed by atoms with van der Waals surface area (Å²) in [7, 11) is 0. The zero-order valence-electron chi connectivity index (χ0n) is 7.41. The Kier molecular flexibility index (Phi) is 2.99. The van der Waals surface area contributed by atoms with Crippen molar-refractivity contribution in [3.63, 3.8) is 0 Å². The standard InChI is InChI=1S/C8H14N4/c1-6(2)5-8-10-4-3-7(11-8)12-9/h3-4,6H,5,9H2,1-2H3,(H,10,11,12). The Hall–Kier alpha value is -1.16. The molecule has 0 aliphatic heterocycles. The second-order valence-corrected chi connectivity index (χ2v) is 3.10. The lowest BCUT2D eigenvalue weighted by atomic mass is 10.1. The largest absolute Gasteiger partial charge is 0.308 e. The normalized spacial score (nSPS) is 10.3. The highest BCUT2D eigenvalue weighted by molar-refractivity contribution is 5.30. The fourth-order valence-electron chi connectivity index (χ4n) is 0.943. The molecule has 1 rings (SSSR count). The Balaban J connectivity index is 2.72. The van der Waals surface area contributed by atoms with Gasteiger partial charge in [-0.2, -0.15) is 0 Å². The Labute approximate surface area is 72.2 Å². The lowest BCUT2D eigenvalue weighted by molar-refractivity contribution is 0.621. The van der Waals surface area contributed by atoms with Gasteiger partial charge in [0, 0.05) is 18.7 Å². The molecule has 0 radical (unpaired) electrons. The molecule has 0 amide bonds. The first-order chi connectivity index (χ1) is 5.72. The van der Waals surface area contributed by atoms with Crippen LogP contribution >= 0.6 is 0 Å². The Morgan fingerprint density at radius 3 is 2.92 bits per heavy atom. The Morgan fingerprint density at radius 1 is 1.58 bits per heavy atom.